The number of carbonyl (C=O) groups is 2. The minimum absolute atomic E-state index is 0.0252. The molecule has 0 bridgehead atoms. The summed E-state index contributed by atoms with van der Waals surface area (Å²) in [5, 5.41) is 11.6. The summed E-state index contributed by atoms with van der Waals surface area (Å²) in [6, 6.07) is 4.61. The first kappa shape index (κ1) is 13.8. The Labute approximate surface area is 105 Å². The van der Waals surface area contributed by atoms with E-state index in [2.05, 4.69) is 5.32 Å². The Balaban J connectivity index is 2.78. The van der Waals surface area contributed by atoms with Crippen molar-refractivity contribution in [2.75, 3.05) is 20.3 Å². The Kier molecular flexibility index (Phi) is 4.98. The summed E-state index contributed by atoms with van der Waals surface area (Å²) < 4.78 is 10.4. The minimum atomic E-state index is -1.09. The Morgan fingerprint density at radius 2 is 2.11 bits per heavy atom. The summed E-state index contributed by atoms with van der Waals surface area (Å²) in [6.07, 6.45) is 0. The lowest BCUT2D eigenvalue weighted by atomic mass is 10.2. The number of para-hydroxylation sites is 1. The lowest BCUT2D eigenvalue weighted by molar-refractivity contribution is -0.119. The van der Waals surface area contributed by atoms with Gasteiger partial charge in [0.2, 0.25) is 5.91 Å². The van der Waals surface area contributed by atoms with Gasteiger partial charge in [-0.1, -0.05) is 6.07 Å². The number of amides is 1. The van der Waals surface area contributed by atoms with Gasteiger partial charge >= 0.3 is 5.97 Å². The average Bonchev–Trinajstić information content (AvgIpc) is 2.33. The van der Waals surface area contributed by atoms with Crippen molar-refractivity contribution in [2.24, 2.45) is 0 Å². The molecule has 6 nitrogen and oxygen atoms in total. The van der Waals surface area contributed by atoms with Gasteiger partial charge in [0.1, 0.15) is 12.2 Å². The smallest absolute Gasteiger partial charge is 0.339 e. The predicted molar refractivity (Wildman–Crippen MR) is 64.1 cm³/mol. The van der Waals surface area contributed by atoms with Gasteiger partial charge in [-0.05, 0) is 12.1 Å². The summed E-state index contributed by atoms with van der Waals surface area (Å²) >= 11 is 0. The van der Waals surface area contributed by atoms with Gasteiger partial charge < -0.3 is 19.9 Å². The molecule has 0 aliphatic carbocycles. The molecule has 0 aromatic heterocycles. The van der Waals surface area contributed by atoms with Crippen molar-refractivity contribution in [3.05, 3.63) is 23.8 Å². The van der Waals surface area contributed by atoms with Gasteiger partial charge in [-0.2, -0.15) is 0 Å². The summed E-state index contributed by atoms with van der Waals surface area (Å²) in [4.78, 5) is 21.7. The Morgan fingerprint density at radius 1 is 1.39 bits per heavy atom. The van der Waals surface area contributed by atoms with Crippen molar-refractivity contribution < 1.29 is 24.2 Å². The molecule has 0 fully saturated rings. The van der Waals surface area contributed by atoms with E-state index in [1.54, 1.807) is 12.1 Å². The third kappa shape index (κ3) is 3.65. The standard InChI is InChI=1S/C12H15NO5/c1-8(14)13-6-7-18-11-9(12(15)16)4-3-5-10(11)17-2/h3-5H,6-7H2,1-2H3,(H,13,14)(H,15,16). The lowest BCUT2D eigenvalue weighted by Crippen LogP contribution is -2.25. The first-order valence-electron chi connectivity index (χ1n) is 5.33. The Morgan fingerprint density at radius 3 is 2.67 bits per heavy atom. The van der Waals surface area contributed by atoms with Crippen molar-refractivity contribution in [2.45, 2.75) is 6.92 Å². The van der Waals surface area contributed by atoms with Crippen LogP contribution in [0, 0.1) is 0 Å². The number of hydrogen-bond acceptors (Lipinski definition) is 4. The van der Waals surface area contributed by atoms with Crippen LogP contribution in [-0.4, -0.2) is 37.2 Å². The molecule has 0 saturated heterocycles. The van der Waals surface area contributed by atoms with Crippen LogP contribution in [0.15, 0.2) is 18.2 Å². The predicted octanol–water partition coefficient (Wildman–Crippen LogP) is 0.908. The largest absolute Gasteiger partial charge is 0.493 e. The van der Waals surface area contributed by atoms with E-state index >= 15 is 0 Å². The number of rotatable bonds is 6. The van der Waals surface area contributed by atoms with E-state index in [9.17, 15) is 9.59 Å². The number of carboxylic acids is 1. The molecule has 0 unspecified atom stereocenters. The number of benzene rings is 1. The molecule has 98 valence electrons. The van der Waals surface area contributed by atoms with Crippen LogP contribution in [0.4, 0.5) is 0 Å². The number of ether oxygens (including phenoxy) is 2. The number of carboxylic acid groups (broad SMARTS) is 1. The zero-order valence-corrected chi connectivity index (χ0v) is 10.2. The van der Waals surface area contributed by atoms with Crippen LogP contribution in [0.5, 0.6) is 11.5 Å². The molecule has 1 aromatic rings. The van der Waals surface area contributed by atoms with E-state index in [1.165, 1.54) is 20.1 Å². The van der Waals surface area contributed by atoms with E-state index in [4.69, 9.17) is 14.6 Å². The van der Waals surface area contributed by atoms with Gasteiger partial charge in [-0.3, -0.25) is 4.79 Å². The highest BCUT2D eigenvalue weighted by atomic mass is 16.5. The fraction of sp³-hybridized carbons (Fsp3) is 0.333. The average molecular weight is 253 g/mol. The minimum Gasteiger partial charge on any atom is -0.493 e. The second kappa shape index (κ2) is 6.48. The van der Waals surface area contributed by atoms with Crippen molar-refractivity contribution in [1.29, 1.82) is 0 Å². The number of carbonyl (C=O) groups excluding carboxylic acids is 1. The number of methoxy groups -OCH3 is 1. The van der Waals surface area contributed by atoms with E-state index in [0.717, 1.165) is 0 Å². The molecule has 2 N–H and O–H groups in total. The van der Waals surface area contributed by atoms with E-state index in [1.807, 2.05) is 0 Å². The normalized spacial score (nSPS) is 9.67. The first-order chi connectivity index (χ1) is 8.56. The van der Waals surface area contributed by atoms with Crippen LogP contribution in [0.1, 0.15) is 17.3 Å². The molecule has 0 radical (unpaired) electrons. The Bertz CT molecular complexity index is 444. The van der Waals surface area contributed by atoms with Crippen LogP contribution < -0.4 is 14.8 Å². The van der Waals surface area contributed by atoms with E-state index in [0.29, 0.717) is 12.3 Å². The van der Waals surface area contributed by atoms with Gasteiger partial charge in [0, 0.05) is 6.92 Å². The van der Waals surface area contributed by atoms with Crippen LogP contribution in [0.3, 0.4) is 0 Å². The van der Waals surface area contributed by atoms with Gasteiger partial charge in [-0.15, -0.1) is 0 Å². The zero-order valence-electron chi connectivity index (χ0n) is 10.2. The van der Waals surface area contributed by atoms with Crippen molar-refractivity contribution in [3.63, 3.8) is 0 Å². The second-order valence-electron chi connectivity index (χ2n) is 3.47. The molecule has 0 saturated carbocycles. The molecule has 6 heteroatoms. The molecular weight excluding hydrogens is 238 g/mol. The summed E-state index contributed by atoms with van der Waals surface area (Å²) in [7, 11) is 1.43. The fourth-order valence-electron chi connectivity index (χ4n) is 1.37. The molecule has 1 rings (SSSR count). The molecule has 0 spiro atoms. The molecular formula is C12H15NO5. The molecule has 0 aliphatic heterocycles. The molecule has 0 heterocycles. The number of hydrogen-bond donors (Lipinski definition) is 2. The zero-order chi connectivity index (χ0) is 13.5. The molecule has 1 aromatic carbocycles. The van der Waals surface area contributed by atoms with Crippen molar-refractivity contribution in [3.8, 4) is 11.5 Å². The molecule has 0 atom stereocenters. The van der Waals surface area contributed by atoms with Gasteiger partial charge in [-0.25, -0.2) is 4.79 Å². The van der Waals surface area contributed by atoms with Crippen LogP contribution in [-0.2, 0) is 4.79 Å². The quantitative estimate of drug-likeness (QED) is 0.736. The summed E-state index contributed by atoms with van der Waals surface area (Å²) in [5.41, 5.74) is 0.0252. The van der Waals surface area contributed by atoms with E-state index in [-0.39, 0.29) is 23.8 Å². The van der Waals surface area contributed by atoms with Crippen molar-refractivity contribution >= 4 is 11.9 Å². The molecule has 1 amide bonds. The van der Waals surface area contributed by atoms with Crippen LogP contribution in [0.2, 0.25) is 0 Å². The maximum atomic E-state index is 11.0. The van der Waals surface area contributed by atoms with Gasteiger partial charge in [0.25, 0.3) is 0 Å². The van der Waals surface area contributed by atoms with Crippen molar-refractivity contribution in [1.82, 2.24) is 5.32 Å². The molecule has 18 heavy (non-hydrogen) atoms. The number of nitrogens with one attached hydrogen (secondary N) is 1. The number of aromatic carboxylic acids is 1. The maximum Gasteiger partial charge on any atom is 0.339 e. The fourth-order valence-corrected chi connectivity index (χ4v) is 1.37. The van der Waals surface area contributed by atoms with Crippen LogP contribution in [0.25, 0.3) is 0 Å². The topological polar surface area (TPSA) is 84.9 Å². The second-order valence-corrected chi connectivity index (χ2v) is 3.47. The van der Waals surface area contributed by atoms with Gasteiger partial charge in [0.15, 0.2) is 11.5 Å². The first-order valence-corrected chi connectivity index (χ1v) is 5.33. The lowest BCUT2D eigenvalue weighted by Gasteiger charge is -2.13. The highest BCUT2D eigenvalue weighted by Crippen LogP contribution is 2.30. The summed E-state index contributed by atoms with van der Waals surface area (Å²) in [5.74, 6) is -0.754. The summed E-state index contributed by atoms with van der Waals surface area (Å²) in [6.45, 7) is 1.86. The highest BCUT2D eigenvalue weighted by molar-refractivity contribution is 5.92. The third-order valence-electron chi connectivity index (χ3n) is 2.15. The maximum absolute atomic E-state index is 11.0. The highest BCUT2D eigenvalue weighted by Gasteiger charge is 2.15. The third-order valence-corrected chi connectivity index (χ3v) is 2.15. The molecule has 0 aliphatic rings. The Hall–Kier alpha value is -2.24. The van der Waals surface area contributed by atoms with Crippen LogP contribution >= 0.6 is 0 Å². The SMILES string of the molecule is COc1cccc(C(=O)O)c1OCCNC(C)=O. The van der Waals surface area contributed by atoms with E-state index < -0.39 is 5.97 Å². The van der Waals surface area contributed by atoms with Gasteiger partial charge in [0.05, 0.1) is 13.7 Å². The monoisotopic (exact) mass is 253 g/mol.